The minimum atomic E-state index is 0.00321. The Morgan fingerprint density at radius 1 is 1.44 bits per heavy atom. The second-order valence-electron chi connectivity index (χ2n) is 3.27. The van der Waals surface area contributed by atoms with E-state index >= 15 is 0 Å². The van der Waals surface area contributed by atoms with Crippen molar-refractivity contribution in [2.75, 3.05) is 18.4 Å². The largest absolute Gasteiger partial charge is 0.325 e. The van der Waals surface area contributed by atoms with Crippen LogP contribution in [0.3, 0.4) is 0 Å². The SMILES string of the molecule is C=CCNCCC(=O)Nc1ccccc1Br. The van der Waals surface area contributed by atoms with E-state index in [9.17, 15) is 4.79 Å². The first-order valence-electron chi connectivity index (χ1n) is 5.10. The fourth-order valence-electron chi connectivity index (χ4n) is 1.18. The van der Waals surface area contributed by atoms with Crippen LogP contribution in [0.4, 0.5) is 5.69 Å². The average molecular weight is 283 g/mol. The van der Waals surface area contributed by atoms with Gasteiger partial charge < -0.3 is 10.6 Å². The van der Waals surface area contributed by atoms with Crippen LogP contribution in [-0.4, -0.2) is 19.0 Å². The molecule has 86 valence electrons. The van der Waals surface area contributed by atoms with Crippen LogP contribution in [0.15, 0.2) is 41.4 Å². The van der Waals surface area contributed by atoms with E-state index in [1.165, 1.54) is 0 Å². The standard InChI is InChI=1S/C12H15BrN2O/c1-2-8-14-9-7-12(16)15-11-6-4-3-5-10(11)13/h2-6,14H,1,7-9H2,(H,15,16). The van der Waals surface area contributed by atoms with E-state index in [-0.39, 0.29) is 5.91 Å². The fraction of sp³-hybridized carbons (Fsp3) is 0.250. The molecule has 0 fully saturated rings. The van der Waals surface area contributed by atoms with Gasteiger partial charge in [0.1, 0.15) is 0 Å². The molecule has 0 saturated carbocycles. The molecule has 0 bridgehead atoms. The van der Waals surface area contributed by atoms with E-state index in [4.69, 9.17) is 0 Å². The minimum Gasteiger partial charge on any atom is -0.325 e. The smallest absolute Gasteiger partial charge is 0.225 e. The highest BCUT2D eigenvalue weighted by Gasteiger charge is 2.03. The van der Waals surface area contributed by atoms with Gasteiger partial charge in [-0.2, -0.15) is 0 Å². The van der Waals surface area contributed by atoms with Crippen molar-refractivity contribution in [2.24, 2.45) is 0 Å². The maximum atomic E-state index is 11.5. The summed E-state index contributed by atoms with van der Waals surface area (Å²) in [6, 6.07) is 7.55. The maximum Gasteiger partial charge on any atom is 0.225 e. The molecule has 1 rings (SSSR count). The quantitative estimate of drug-likeness (QED) is 0.622. The Hall–Kier alpha value is -1.13. The van der Waals surface area contributed by atoms with E-state index in [2.05, 4.69) is 33.1 Å². The molecule has 2 N–H and O–H groups in total. The Bertz CT molecular complexity index is 366. The lowest BCUT2D eigenvalue weighted by molar-refractivity contribution is -0.116. The molecule has 0 aliphatic rings. The zero-order chi connectivity index (χ0) is 11.8. The van der Waals surface area contributed by atoms with Gasteiger partial charge in [0.15, 0.2) is 0 Å². The zero-order valence-corrected chi connectivity index (χ0v) is 10.6. The molecule has 16 heavy (non-hydrogen) atoms. The molecule has 0 saturated heterocycles. The first kappa shape index (κ1) is 12.9. The van der Waals surface area contributed by atoms with Gasteiger partial charge in [-0.25, -0.2) is 0 Å². The number of nitrogens with one attached hydrogen (secondary N) is 2. The van der Waals surface area contributed by atoms with Gasteiger partial charge in [0.2, 0.25) is 5.91 Å². The van der Waals surface area contributed by atoms with Crippen LogP contribution in [0.2, 0.25) is 0 Å². The Morgan fingerprint density at radius 3 is 2.88 bits per heavy atom. The van der Waals surface area contributed by atoms with Gasteiger partial charge in [0.05, 0.1) is 5.69 Å². The van der Waals surface area contributed by atoms with Crippen molar-refractivity contribution >= 4 is 27.5 Å². The van der Waals surface area contributed by atoms with Crippen LogP contribution in [0.5, 0.6) is 0 Å². The number of anilines is 1. The topological polar surface area (TPSA) is 41.1 Å². The first-order chi connectivity index (χ1) is 7.74. The Labute approximate surface area is 104 Å². The number of benzene rings is 1. The molecule has 1 aromatic rings. The summed E-state index contributed by atoms with van der Waals surface area (Å²) in [6.45, 7) is 4.97. The molecular formula is C12H15BrN2O. The lowest BCUT2D eigenvalue weighted by Gasteiger charge is -2.07. The number of carbonyl (C=O) groups is 1. The molecule has 1 amide bonds. The van der Waals surface area contributed by atoms with Crippen LogP contribution in [-0.2, 0) is 4.79 Å². The van der Waals surface area contributed by atoms with Crippen LogP contribution >= 0.6 is 15.9 Å². The summed E-state index contributed by atoms with van der Waals surface area (Å²) in [5, 5.41) is 5.91. The van der Waals surface area contributed by atoms with Crippen molar-refractivity contribution in [1.29, 1.82) is 0 Å². The van der Waals surface area contributed by atoms with E-state index < -0.39 is 0 Å². The highest BCUT2D eigenvalue weighted by atomic mass is 79.9. The molecular weight excluding hydrogens is 268 g/mol. The van der Waals surface area contributed by atoms with Gasteiger partial charge in [0.25, 0.3) is 0 Å². The normalized spacial score (nSPS) is 9.81. The second kappa shape index (κ2) is 7.19. The van der Waals surface area contributed by atoms with E-state index in [1.807, 2.05) is 24.3 Å². The summed E-state index contributed by atoms with van der Waals surface area (Å²) in [4.78, 5) is 11.5. The highest BCUT2D eigenvalue weighted by molar-refractivity contribution is 9.10. The molecule has 0 spiro atoms. The van der Waals surface area contributed by atoms with Crippen molar-refractivity contribution in [1.82, 2.24) is 5.32 Å². The number of para-hydroxylation sites is 1. The average Bonchev–Trinajstić information content (AvgIpc) is 2.28. The third-order valence-electron chi connectivity index (χ3n) is 1.97. The Balaban J connectivity index is 2.34. The molecule has 0 aliphatic carbocycles. The van der Waals surface area contributed by atoms with Crippen molar-refractivity contribution < 1.29 is 4.79 Å². The van der Waals surface area contributed by atoms with Gasteiger partial charge in [-0.3, -0.25) is 4.79 Å². The number of amides is 1. The number of rotatable bonds is 6. The van der Waals surface area contributed by atoms with Crippen molar-refractivity contribution in [3.63, 3.8) is 0 Å². The number of carbonyl (C=O) groups excluding carboxylic acids is 1. The van der Waals surface area contributed by atoms with Crippen molar-refractivity contribution in [3.8, 4) is 0 Å². The monoisotopic (exact) mass is 282 g/mol. The summed E-state index contributed by atoms with van der Waals surface area (Å²) in [5.41, 5.74) is 0.802. The van der Waals surface area contributed by atoms with Gasteiger partial charge in [-0.15, -0.1) is 6.58 Å². The molecule has 0 aromatic heterocycles. The van der Waals surface area contributed by atoms with Crippen LogP contribution in [0.1, 0.15) is 6.42 Å². The Kier molecular flexibility index (Phi) is 5.82. The van der Waals surface area contributed by atoms with E-state index in [1.54, 1.807) is 6.08 Å². The molecule has 0 atom stereocenters. The fourth-order valence-corrected chi connectivity index (χ4v) is 1.57. The Morgan fingerprint density at radius 2 is 2.19 bits per heavy atom. The van der Waals surface area contributed by atoms with Crippen LogP contribution in [0.25, 0.3) is 0 Å². The van der Waals surface area contributed by atoms with Gasteiger partial charge in [-0.05, 0) is 28.1 Å². The third kappa shape index (κ3) is 4.59. The summed E-state index contributed by atoms with van der Waals surface area (Å²) in [6.07, 6.45) is 2.22. The van der Waals surface area contributed by atoms with Gasteiger partial charge in [-0.1, -0.05) is 18.2 Å². The molecule has 0 unspecified atom stereocenters. The molecule has 1 aromatic carbocycles. The number of hydrogen-bond acceptors (Lipinski definition) is 2. The second-order valence-corrected chi connectivity index (χ2v) is 4.13. The summed E-state index contributed by atoms with van der Waals surface area (Å²) in [7, 11) is 0. The minimum absolute atomic E-state index is 0.00321. The molecule has 0 aliphatic heterocycles. The van der Waals surface area contributed by atoms with Crippen LogP contribution < -0.4 is 10.6 Å². The molecule has 4 heteroatoms. The zero-order valence-electron chi connectivity index (χ0n) is 9.00. The predicted molar refractivity (Wildman–Crippen MR) is 70.5 cm³/mol. The van der Waals surface area contributed by atoms with Crippen LogP contribution in [0, 0.1) is 0 Å². The van der Waals surface area contributed by atoms with Crippen molar-refractivity contribution in [2.45, 2.75) is 6.42 Å². The van der Waals surface area contributed by atoms with Gasteiger partial charge >= 0.3 is 0 Å². The lowest BCUT2D eigenvalue weighted by atomic mass is 10.3. The summed E-state index contributed by atoms with van der Waals surface area (Å²) in [5.74, 6) is 0.00321. The predicted octanol–water partition coefficient (Wildman–Crippen LogP) is 2.55. The number of hydrogen-bond donors (Lipinski definition) is 2. The molecule has 0 radical (unpaired) electrons. The summed E-state index contributed by atoms with van der Waals surface area (Å²) >= 11 is 3.37. The third-order valence-corrected chi connectivity index (χ3v) is 2.66. The number of halogens is 1. The summed E-state index contributed by atoms with van der Waals surface area (Å²) < 4.78 is 0.891. The van der Waals surface area contributed by atoms with Gasteiger partial charge in [0, 0.05) is 24.0 Å². The first-order valence-corrected chi connectivity index (χ1v) is 5.89. The lowest BCUT2D eigenvalue weighted by Crippen LogP contribution is -2.21. The molecule has 0 heterocycles. The molecule has 3 nitrogen and oxygen atoms in total. The van der Waals surface area contributed by atoms with E-state index in [0.717, 1.165) is 16.7 Å². The maximum absolute atomic E-state index is 11.5. The van der Waals surface area contributed by atoms with E-state index in [0.29, 0.717) is 13.0 Å². The van der Waals surface area contributed by atoms with Crippen molar-refractivity contribution in [3.05, 3.63) is 41.4 Å². The highest BCUT2D eigenvalue weighted by Crippen LogP contribution is 2.21.